The van der Waals surface area contributed by atoms with Crippen LogP contribution in [0.3, 0.4) is 0 Å². The highest BCUT2D eigenvalue weighted by atomic mass is 16.4. The Balaban J connectivity index is 2.35. The second kappa shape index (κ2) is 6.64. The summed E-state index contributed by atoms with van der Waals surface area (Å²) in [4.78, 5) is 23.5. The van der Waals surface area contributed by atoms with Gasteiger partial charge in [0.2, 0.25) is 0 Å². The van der Waals surface area contributed by atoms with Gasteiger partial charge in [-0.25, -0.2) is 9.59 Å². The van der Waals surface area contributed by atoms with E-state index in [1.807, 2.05) is 30.3 Å². The normalized spacial score (nSPS) is 11.7. The molecule has 1 aromatic carbocycles. The predicted octanol–water partition coefficient (Wildman–Crippen LogP) is 1.34. The van der Waals surface area contributed by atoms with Gasteiger partial charge in [-0.05, 0) is 18.9 Å². The Morgan fingerprint density at radius 2 is 1.94 bits per heavy atom. The monoisotopic (exact) mass is 250 g/mol. The van der Waals surface area contributed by atoms with Crippen molar-refractivity contribution in [1.82, 2.24) is 10.2 Å². The molecule has 0 heterocycles. The molecule has 0 aromatic heterocycles. The number of urea groups is 1. The van der Waals surface area contributed by atoms with E-state index in [1.165, 1.54) is 18.9 Å². The molecule has 98 valence electrons. The first kappa shape index (κ1) is 14.0. The van der Waals surface area contributed by atoms with Crippen LogP contribution in [0.5, 0.6) is 0 Å². The lowest BCUT2D eigenvalue weighted by atomic mass is 10.1. The molecule has 0 saturated heterocycles. The van der Waals surface area contributed by atoms with E-state index in [9.17, 15) is 9.59 Å². The number of likely N-dealkylation sites (N-methyl/N-ethyl adjacent to an activating group) is 1. The summed E-state index contributed by atoms with van der Waals surface area (Å²) in [6, 6.07) is 8.57. The van der Waals surface area contributed by atoms with Gasteiger partial charge < -0.3 is 15.3 Å². The molecular weight excluding hydrogens is 232 g/mol. The zero-order valence-electron chi connectivity index (χ0n) is 10.6. The number of rotatable bonds is 5. The fraction of sp³-hybridized carbons (Fsp3) is 0.385. The quantitative estimate of drug-likeness (QED) is 0.828. The molecular formula is C13H18N2O3. The van der Waals surface area contributed by atoms with Gasteiger partial charge in [0.05, 0.1) is 0 Å². The number of carbonyl (C=O) groups excluding carboxylic acids is 1. The van der Waals surface area contributed by atoms with Crippen LogP contribution < -0.4 is 5.32 Å². The van der Waals surface area contributed by atoms with Crippen molar-refractivity contribution >= 4 is 12.0 Å². The molecule has 1 aromatic rings. The summed E-state index contributed by atoms with van der Waals surface area (Å²) >= 11 is 0. The van der Waals surface area contributed by atoms with Gasteiger partial charge in [0.15, 0.2) is 0 Å². The van der Waals surface area contributed by atoms with Crippen LogP contribution in [0.1, 0.15) is 12.5 Å². The molecule has 5 nitrogen and oxygen atoms in total. The highest BCUT2D eigenvalue weighted by Crippen LogP contribution is 1.99. The van der Waals surface area contributed by atoms with Gasteiger partial charge in [-0.3, -0.25) is 0 Å². The van der Waals surface area contributed by atoms with E-state index in [0.29, 0.717) is 6.54 Å². The summed E-state index contributed by atoms with van der Waals surface area (Å²) in [5.74, 6) is -1.02. The third-order valence-corrected chi connectivity index (χ3v) is 2.79. The second-order valence-corrected chi connectivity index (χ2v) is 4.09. The standard InChI is InChI=1S/C13H18N2O3/c1-10(12(16)17)15(2)13(18)14-9-8-11-6-4-3-5-7-11/h3-7,10H,8-9H2,1-2H3,(H,14,18)(H,16,17). The van der Waals surface area contributed by atoms with Gasteiger partial charge in [0.1, 0.15) is 6.04 Å². The van der Waals surface area contributed by atoms with Crippen molar-refractivity contribution < 1.29 is 14.7 Å². The van der Waals surface area contributed by atoms with E-state index in [2.05, 4.69) is 5.32 Å². The Kier molecular flexibility index (Phi) is 5.17. The topological polar surface area (TPSA) is 69.6 Å². The maximum Gasteiger partial charge on any atom is 0.326 e. The molecule has 0 fully saturated rings. The van der Waals surface area contributed by atoms with Crippen molar-refractivity contribution in [2.24, 2.45) is 0 Å². The van der Waals surface area contributed by atoms with Gasteiger partial charge in [0.25, 0.3) is 0 Å². The summed E-state index contributed by atoms with van der Waals surface area (Å²) in [6.45, 7) is 1.96. The molecule has 0 spiro atoms. The number of carboxylic acids is 1. The third-order valence-electron chi connectivity index (χ3n) is 2.79. The number of carbonyl (C=O) groups is 2. The molecule has 0 aliphatic heterocycles. The summed E-state index contributed by atoms with van der Waals surface area (Å²) in [5, 5.41) is 11.5. The van der Waals surface area contributed by atoms with Crippen LogP contribution in [0.2, 0.25) is 0 Å². The number of benzene rings is 1. The lowest BCUT2D eigenvalue weighted by molar-refractivity contribution is -0.141. The zero-order valence-corrected chi connectivity index (χ0v) is 10.6. The first-order chi connectivity index (χ1) is 8.52. The lowest BCUT2D eigenvalue weighted by Crippen LogP contribution is -2.46. The van der Waals surface area contributed by atoms with Crippen molar-refractivity contribution in [3.05, 3.63) is 35.9 Å². The van der Waals surface area contributed by atoms with Crippen molar-refractivity contribution in [1.29, 1.82) is 0 Å². The van der Waals surface area contributed by atoms with Crippen LogP contribution in [-0.4, -0.2) is 41.6 Å². The average molecular weight is 250 g/mol. The average Bonchev–Trinajstić information content (AvgIpc) is 2.38. The molecule has 1 unspecified atom stereocenters. The molecule has 0 radical (unpaired) electrons. The summed E-state index contributed by atoms with van der Waals surface area (Å²) < 4.78 is 0. The number of amides is 2. The Bertz CT molecular complexity index is 406. The maximum atomic E-state index is 11.6. The minimum Gasteiger partial charge on any atom is -0.480 e. The van der Waals surface area contributed by atoms with Crippen LogP contribution >= 0.6 is 0 Å². The van der Waals surface area contributed by atoms with Gasteiger partial charge in [-0.2, -0.15) is 0 Å². The fourth-order valence-electron chi connectivity index (χ4n) is 1.42. The molecule has 5 heteroatoms. The van der Waals surface area contributed by atoms with E-state index in [0.717, 1.165) is 12.0 Å². The smallest absolute Gasteiger partial charge is 0.326 e. The number of hydrogen-bond acceptors (Lipinski definition) is 2. The minimum absolute atomic E-state index is 0.374. The van der Waals surface area contributed by atoms with Crippen LogP contribution in [0.4, 0.5) is 4.79 Å². The molecule has 0 bridgehead atoms. The van der Waals surface area contributed by atoms with E-state index < -0.39 is 12.0 Å². The van der Waals surface area contributed by atoms with E-state index in [1.54, 1.807) is 0 Å². The minimum atomic E-state index is -1.02. The number of carboxylic acid groups (broad SMARTS) is 1. The Labute approximate surface area is 106 Å². The first-order valence-electron chi connectivity index (χ1n) is 5.79. The Morgan fingerprint density at radius 3 is 2.50 bits per heavy atom. The second-order valence-electron chi connectivity index (χ2n) is 4.09. The summed E-state index contributed by atoms with van der Waals surface area (Å²) in [6.07, 6.45) is 0.724. The molecule has 1 atom stereocenters. The van der Waals surface area contributed by atoms with E-state index in [-0.39, 0.29) is 6.03 Å². The molecule has 0 aliphatic rings. The van der Waals surface area contributed by atoms with Crippen LogP contribution in [-0.2, 0) is 11.2 Å². The maximum absolute atomic E-state index is 11.6. The Morgan fingerprint density at radius 1 is 1.33 bits per heavy atom. The lowest BCUT2D eigenvalue weighted by Gasteiger charge is -2.21. The highest BCUT2D eigenvalue weighted by Gasteiger charge is 2.20. The predicted molar refractivity (Wildman–Crippen MR) is 68.4 cm³/mol. The van der Waals surface area contributed by atoms with Gasteiger partial charge in [0, 0.05) is 13.6 Å². The number of nitrogens with one attached hydrogen (secondary N) is 1. The SMILES string of the molecule is CC(C(=O)O)N(C)C(=O)NCCc1ccccc1. The van der Waals surface area contributed by atoms with Crippen molar-refractivity contribution in [2.75, 3.05) is 13.6 Å². The fourth-order valence-corrected chi connectivity index (χ4v) is 1.42. The number of nitrogens with zero attached hydrogens (tertiary/aromatic N) is 1. The molecule has 1 rings (SSSR count). The molecule has 2 N–H and O–H groups in total. The zero-order chi connectivity index (χ0) is 13.5. The third kappa shape index (κ3) is 4.08. The number of aliphatic carboxylic acids is 1. The van der Waals surface area contributed by atoms with Gasteiger partial charge >= 0.3 is 12.0 Å². The van der Waals surface area contributed by atoms with Crippen LogP contribution in [0.15, 0.2) is 30.3 Å². The summed E-state index contributed by atoms with van der Waals surface area (Å²) in [7, 11) is 1.47. The Hall–Kier alpha value is -2.04. The van der Waals surface area contributed by atoms with Crippen LogP contribution in [0, 0.1) is 0 Å². The van der Waals surface area contributed by atoms with E-state index in [4.69, 9.17) is 5.11 Å². The molecule has 0 aliphatic carbocycles. The largest absolute Gasteiger partial charge is 0.480 e. The molecule has 18 heavy (non-hydrogen) atoms. The van der Waals surface area contributed by atoms with Gasteiger partial charge in [-0.1, -0.05) is 30.3 Å². The van der Waals surface area contributed by atoms with Crippen molar-refractivity contribution in [3.63, 3.8) is 0 Å². The molecule has 2 amide bonds. The summed E-state index contributed by atoms with van der Waals surface area (Å²) in [5.41, 5.74) is 1.13. The van der Waals surface area contributed by atoms with E-state index >= 15 is 0 Å². The van der Waals surface area contributed by atoms with Crippen molar-refractivity contribution in [3.8, 4) is 0 Å². The highest BCUT2D eigenvalue weighted by molar-refractivity contribution is 5.82. The van der Waals surface area contributed by atoms with Crippen molar-refractivity contribution in [2.45, 2.75) is 19.4 Å². The van der Waals surface area contributed by atoms with Gasteiger partial charge in [-0.15, -0.1) is 0 Å². The molecule has 0 saturated carbocycles. The van der Waals surface area contributed by atoms with Crippen LogP contribution in [0.25, 0.3) is 0 Å². The first-order valence-corrected chi connectivity index (χ1v) is 5.79. The number of hydrogen-bond donors (Lipinski definition) is 2.